The first-order valence-corrected chi connectivity index (χ1v) is 12.1. The van der Waals surface area contributed by atoms with Crippen molar-refractivity contribution in [2.24, 2.45) is 4.99 Å². The molecule has 0 radical (unpaired) electrons. The number of amidine groups is 1. The molecule has 0 aliphatic carbocycles. The van der Waals surface area contributed by atoms with Crippen molar-refractivity contribution < 1.29 is 9.59 Å². The van der Waals surface area contributed by atoms with Crippen LogP contribution >= 0.6 is 23.5 Å². The van der Waals surface area contributed by atoms with Crippen molar-refractivity contribution in [2.45, 2.75) is 38.5 Å². The van der Waals surface area contributed by atoms with Crippen LogP contribution in [0, 0.1) is 0 Å². The zero-order chi connectivity index (χ0) is 22.0. The van der Waals surface area contributed by atoms with Crippen molar-refractivity contribution >= 4 is 51.8 Å². The highest BCUT2D eigenvalue weighted by atomic mass is 32.2. The van der Waals surface area contributed by atoms with Gasteiger partial charge < -0.3 is 4.90 Å². The molecule has 2 heterocycles. The van der Waals surface area contributed by atoms with Gasteiger partial charge in [0.2, 0.25) is 0 Å². The van der Waals surface area contributed by atoms with Gasteiger partial charge in [0.05, 0.1) is 11.4 Å². The van der Waals surface area contributed by atoms with Crippen molar-refractivity contribution in [3.63, 3.8) is 0 Å². The summed E-state index contributed by atoms with van der Waals surface area (Å²) >= 11 is 3.10. The number of unbranched alkanes of at least 4 members (excludes halogenated alkanes) is 1. The lowest BCUT2D eigenvalue weighted by Gasteiger charge is -2.19. The zero-order valence-corrected chi connectivity index (χ0v) is 19.6. The van der Waals surface area contributed by atoms with E-state index in [-0.39, 0.29) is 11.7 Å². The maximum absolute atomic E-state index is 13.4. The summed E-state index contributed by atoms with van der Waals surface area (Å²) in [6.07, 6.45) is 1.92. The van der Waals surface area contributed by atoms with Gasteiger partial charge in [0.15, 0.2) is 11.0 Å². The van der Waals surface area contributed by atoms with Crippen LogP contribution < -0.4 is 4.90 Å². The van der Waals surface area contributed by atoms with Crippen LogP contribution in [0.15, 0.2) is 68.4 Å². The Balaban J connectivity index is 1.71. The van der Waals surface area contributed by atoms with Crippen molar-refractivity contribution in [2.75, 3.05) is 18.0 Å². The summed E-state index contributed by atoms with van der Waals surface area (Å²) in [5.74, 6) is 0.0463. The molecule has 0 atom stereocenters. The second-order valence-corrected chi connectivity index (χ2v) is 9.37. The summed E-state index contributed by atoms with van der Waals surface area (Å²) in [7, 11) is 0. The second kappa shape index (κ2) is 9.32. The van der Waals surface area contributed by atoms with E-state index in [1.807, 2.05) is 24.3 Å². The van der Waals surface area contributed by atoms with E-state index >= 15 is 0 Å². The van der Waals surface area contributed by atoms with E-state index in [4.69, 9.17) is 4.99 Å². The Kier molecular flexibility index (Phi) is 6.53. The number of hydrogen-bond acceptors (Lipinski definition) is 6. The Morgan fingerprint density at radius 1 is 1.00 bits per heavy atom. The number of nitrogens with zero attached hydrogens (tertiary/aromatic N) is 3. The topological polar surface area (TPSA) is 53.0 Å². The maximum Gasteiger partial charge on any atom is 0.269 e. The number of aliphatic imine (C=N–C) groups is 1. The molecule has 1 amide bonds. The van der Waals surface area contributed by atoms with Crippen LogP contribution in [0.1, 0.15) is 44.0 Å². The molecule has 160 valence electrons. The smallest absolute Gasteiger partial charge is 0.269 e. The van der Waals surface area contributed by atoms with Gasteiger partial charge in [-0.2, -0.15) is 0 Å². The minimum Gasteiger partial charge on any atom is -0.334 e. The normalized spacial score (nSPS) is 19.5. The fourth-order valence-electron chi connectivity index (χ4n) is 3.53. The summed E-state index contributed by atoms with van der Waals surface area (Å²) in [5, 5.41) is 1.68. The van der Waals surface area contributed by atoms with Gasteiger partial charge in [-0.25, -0.2) is 4.99 Å². The van der Waals surface area contributed by atoms with Crippen LogP contribution in [0.25, 0.3) is 0 Å². The van der Waals surface area contributed by atoms with Crippen molar-refractivity contribution in [3.8, 4) is 0 Å². The van der Waals surface area contributed by atoms with Crippen LogP contribution in [0.3, 0.4) is 0 Å². The molecule has 0 N–H and O–H groups in total. The van der Waals surface area contributed by atoms with E-state index in [0.717, 1.165) is 40.7 Å². The number of rotatable bonds is 6. The number of fused-ring (bicyclic) bond motifs is 1. The molecular weight excluding hydrogens is 426 g/mol. The molecule has 5 nitrogen and oxygen atoms in total. The summed E-state index contributed by atoms with van der Waals surface area (Å²) in [4.78, 5) is 35.7. The summed E-state index contributed by atoms with van der Waals surface area (Å²) < 4.78 is 0. The molecule has 1 fully saturated rings. The number of benzene rings is 2. The highest BCUT2D eigenvalue weighted by Gasteiger charge is 2.39. The lowest BCUT2D eigenvalue weighted by atomic mass is 10.1. The predicted molar refractivity (Wildman–Crippen MR) is 130 cm³/mol. The number of carbonyl (C=O) groups excluding carboxylic acids is 2. The van der Waals surface area contributed by atoms with Crippen LogP contribution in [-0.4, -0.2) is 34.8 Å². The van der Waals surface area contributed by atoms with E-state index in [1.54, 1.807) is 35.7 Å². The number of anilines is 1. The SMILES string of the molecule is CCCCN1C(=O)C(=C2Sc3ccccc3N2CC)SC1=Nc1ccc(C(C)=O)cc1. The van der Waals surface area contributed by atoms with Crippen molar-refractivity contribution in [3.05, 3.63) is 64.0 Å². The van der Waals surface area contributed by atoms with E-state index in [1.165, 1.54) is 16.7 Å². The van der Waals surface area contributed by atoms with Gasteiger partial charge >= 0.3 is 0 Å². The Hall–Kier alpha value is -2.51. The monoisotopic (exact) mass is 451 g/mol. The van der Waals surface area contributed by atoms with E-state index in [0.29, 0.717) is 17.3 Å². The van der Waals surface area contributed by atoms with Crippen molar-refractivity contribution in [1.82, 2.24) is 4.90 Å². The number of hydrogen-bond donors (Lipinski definition) is 0. The largest absolute Gasteiger partial charge is 0.334 e. The third kappa shape index (κ3) is 4.29. The third-order valence-electron chi connectivity index (χ3n) is 5.22. The molecule has 2 aromatic rings. The number of para-hydroxylation sites is 1. The van der Waals surface area contributed by atoms with Gasteiger partial charge in [0.25, 0.3) is 5.91 Å². The molecule has 0 saturated carbocycles. The molecular formula is C24H25N3O2S2. The molecule has 2 aliphatic heterocycles. The maximum atomic E-state index is 13.4. The van der Waals surface area contributed by atoms with Crippen molar-refractivity contribution in [1.29, 1.82) is 0 Å². The quantitative estimate of drug-likeness (QED) is 0.395. The molecule has 0 bridgehead atoms. The molecule has 2 aromatic carbocycles. The number of carbonyl (C=O) groups is 2. The molecule has 31 heavy (non-hydrogen) atoms. The van der Waals surface area contributed by atoms with Crippen LogP contribution in [0.4, 0.5) is 11.4 Å². The van der Waals surface area contributed by atoms with Gasteiger partial charge in [-0.15, -0.1) is 0 Å². The fourth-order valence-corrected chi connectivity index (χ4v) is 5.95. The minimum absolute atomic E-state index is 0.0197. The fraction of sp³-hybridized carbons (Fsp3) is 0.292. The standard InChI is InChI=1S/C24H25N3O2S2/c1-4-6-15-27-22(29)21(23-26(5-2)19-9-7-8-10-20(19)30-23)31-24(27)25-18-13-11-17(12-14-18)16(3)28/h7-14H,4-6,15H2,1-3H3. The minimum atomic E-state index is 0.0197. The molecule has 0 unspecified atom stereocenters. The Labute approximate surface area is 191 Å². The predicted octanol–water partition coefficient (Wildman–Crippen LogP) is 6.05. The Morgan fingerprint density at radius 2 is 1.74 bits per heavy atom. The molecule has 4 rings (SSSR count). The average Bonchev–Trinajstić information content (AvgIpc) is 3.29. The lowest BCUT2D eigenvalue weighted by molar-refractivity contribution is -0.122. The lowest BCUT2D eigenvalue weighted by Crippen LogP contribution is -2.30. The van der Waals surface area contributed by atoms with Gasteiger partial charge in [0, 0.05) is 23.5 Å². The summed E-state index contributed by atoms with van der Waals surface area (Å²) in [6.45, 7) is 7.21. The molecule has 0 spiro atoms. The summed E-state index contributed by atoms with van der Waals surface area (Å²) in [5.41, 5.74) is 2.54. The van der Waals surface area contributed by atoms with Crippen LogP contribution in [0.5, 0.6) is 0 Å². The number of amides is 1. The first-order chi connectivity index (χ1) is 15.0. The molecule has 7 heteroatoms. The summed E-state index contributed by atoms with van der Waals surface area (Å²) in [6, 6.07) is 15.5. The Morgan fingerprint density at radius 3 is 2.42 bits per heavy atom. The van der Waals surface area contributed by atoms with Crippen LogP contribution in [-0.2, 0) is 4.79 Å². The second-order valence-electron chi connectivity index (χ2n) is 7.36. The first-order valence-electron chi connectivity index (χ1n) is 10.5. The molecule has 1 saturated heterocycles. The van der Waals surface area contributed by atoms with E-state index in [9.17, 15) is 9.59 Å². The molecule has 0 aromatic heterocycles. The number of Topliss-reactive ketones (excluding diaryl/α,β-unsaturated/α-hetero) is 1. The zero-order valence-electron chi connectivity index (χ0n) is 17.9. The number of ketones is 1. The highest BCUT2D eigenvalue weighted by Crippen LogP contribution is 2.50. The van der Waals surface area contributed by atoms with Gasteiger partial charge in [-0.1, -0.05) is 37.2 Å². The van der Waals surface area contributed by atoms with Gasteiger partial charge in [0.1, 0.15) is 9.93 Å². The van der Waals surface area contributed by atoms with E-state index in [2.05, 4.69) is 30.9 Å². The van der Waals surface area contributed by atoms with Crippen LogP contribution in [0.2, 0.25) is 0 Å². The highest BCUT2D eigenvalue weighted by molar-refractivity contribution is 8.19. The van der Waals surface area contributed by atoms with Gasteiger partial charge in [-0.05, 0) is 68.4 Å². The Bertz CT molecular complexity index is 1080. The average molecular weight is 452 g/mol. The number of thioether (sulfide) groups is 2. The van der Waals surface area contributed by atoms with Gasteiger partial charge in [-0.3, -0.25) is 14.5 Å². The van der Waals surface area contributed by atoms with E-state index < -0.39 is 0 Å². The first kappa shape index (κ1) is 21.7. The third-order valence-corrected chi connectivity index (χ3v) is 7.59. The molecule has 2 aliphatic rings.